The van der Waals surface area contributed by atoms with Gasteiger partial charge in [-0.05, 0) is 19.3 Å². The van der Waals surface area contributed by atoms with E-state index < -0.39 is 18.1 Å². The molecule has 0 bridgehead atoms. The number of carbonyl (C=O) groups excluding carboxylic acids is 1. The highest BCUT2D eigenvalue weighted by molar-refractivity contribution is 5.76. The minimum absolute atomic E-state index is 0.0377. The molecule has 1 N–H and O–H groups in total. The molecular weight excluding hydrogens is 323 g/mol. The van der Waals surface area contributed by atoms with E-state index in [-0.39, 0.29) is 37.0 Å². The molecule has 1 amide bonds. The lowest BCUT2D eigenvalue weighted by Crippen LogP contribution is -2.41. The molecule has 0 saturated heterocycles. The second kappa shape index (κ2) is 7.11. The molecule has 8 heteroatoms. The van der Waals surface area contributed by atoms with Crippen LogP contribution in [0.15, 0.2) is 4.52 Å². The maximum Gasteiger partial charge on any atom is 0.391 e. The monoisotopic (exact) mass is 347 g/mol. The predicted octanol–water partition coefficient (Wildman–Crippen LogP) is 3.54. The molecule has 5 nitrogen and oxygen atoms in total. The van der Waals surface area contributed by atoms with Crippen LogP contribution in [0.1, 0.15) is 64.6 Å². The fraction of sp³-hybridized carbons (Fsp3) is 0.812. The van der Waals surface area contributed by atoms with Crippen molar-refractivity contribution in [2.75, 3.05) is 0 Å². The number of hydrogen-bond donors (Lipinski definition) is 1. The zero-order valence-corrected chi connectivity index (χ0v) is 14.2. The van der Waals surface area contributed by atoms with Crippen LogP contribution in [-0.4, -0.2) is 28.3 Å². The third-order valence-electron chi connectivity index (χ3n) is 4.21. The first-order valence-electron chi connectivity index (χ1n) is 8.25. The minimum Gasteiger partial charge on any atom is -0.353 e. The number of carbonyl (C=O) groups is 1. The van der Waals surface area contributed by atoms with E-state index in [4.69, 9.17) is 4.52 Å². The van der Waals surface area contributed by atoms with E-state index in [1.165, 1.54) is 0 Å². The summed E-state index contributed by atoms with van der Waals surface area (Å²) < 4.78 is 43.4. The van der Waals surface area contributed by atoms with E-state index in [9.17, 15) is 18.0 Å². The highest BCUT2D eigenvalue weighted by Crippen LogP contribution is 2.37. The van der Waals surface area contributed by atoms with Gasteiger partial charge in [0.25, 0.3) is 0 Å². The topological polar surface area (TPSA) is 68.0 Å². The van der Waals surface area contributed by atoms with Crippen LogP contribution in [0.25, 0.3) is 0 Å². The van der Waals surface area contributed by atoms with Gasteiger partial charge in [-0.15, -0.1) is 0 Å². The van der Waals surface area contributed by atoms with E-state index in [2.05, 4.69) is 15.5 Å². The van der Waals surface area contributed by atoms with Gasteiger partial charge in [-0.1, -0.05) is 32.3 Å². The standard InChI is InChI=1S/C16H24F3N3O2/c1-15(2,3)14-21-13(24-22-14)8-7-12(23)20-11-6-4-5-10(9-11)16(17,18)19/h10-11H,4-9H2,1-3H3,(H,20,23). The number of alkyl halides is 3. The Morgan fingerprint density at radius 1 is 1.29 bits per heavy atom. The van der Waals surface area contributed by atoms with Gasteiger partial charge in [-0.3, -0.25) is 4.79 Å². The van der Waals surface area contributed by atoms with Crippen LogP contribution in [0.3, 0.4) is 0 Å². The number of hydrogen-bond acceptors (Lipinski definition) is 4. The van der Waals surface area contributed by atoms with Gasteiger partial charge < -0.3 is 9.84 Å². The maximum atomic E-state index is 12.8. The molecular formula is C16H24F3N3O2. The van der Waals surface area contributed by atoms with Crippen molar-refractivity contribution in [1.29, 1.82) is 0 Å². The molecule has 24 heavy (non-hydrogen) atoms. The molecule has 2 rings (SSSR count). The summed E-state index contributed by atoms with van der Waals surface area (Å²) in [4.78, 5) is 16.2. The van der Waals surface area contributed by atoms with Crippen molar-refractivity contribution in [1.82, 2.24) is 15.5 Å². The van der Waals surface area contributed by atoms with Crippen LogP contribution in [0.5, 0.6) is 0 Å². The van der Waals surface area contributed by atoms with Gasteiger partial charge in [0.2, 0.25) is 11.8 Å². The van der Waals surface area contributed by atoms with Gasteiger partial charge in [0, 0.05) is 24.3 Å². The van der Waals surface area contributed by atoms with Crippen LogP contribution < -0.4 is 5.32 Å². The Kier molecular flexibility index (Phi) is 5.55. The molecule has 1 aliphatic carbocycles. The number of halogens is 3. The Bertz CT molecular complexity index is 564. The molecule has 1 aliphatic rings. The lowest BCUT2D eigenvalue weighted by Gasteiger charge is -2.31. The number of amides is 1. The SMILES string of the molecule is CC(C)(C)c1noc(CCC(=O)NC2CCCC(C(F)(F)F)C2)n1. The molecule has 1 heterocycles. The van der Waals surface area contributed by atoms with Gasteiger partial charge in [0.1, 0.15) is 0 Å². The summed E-state index contributed by atoms with van der Waals surface area (Å²) in [5.41, 5.74) is -0.237. The molecule has 0 aromatic carbocycles. The van der Waals surface area contributed by atoms with Gasteiger partial charge in [0.05, 0.1) is 5.92 Å². The van der Waals surface area contributed by atoms with Gasteiger partial charge in [-0.2, -0.15) is 18.2 Å². The Balaban J connectivity index is 1.80. The second-order valence-corrected chi connectivity index (χ2v) is 7.43. The number of nitrogens with one attached hydrogen (secondary N) is 1. The Hall–Kier alpha value is -1.60. The Labute approximate surface area is 139 Å². The van der Waals surface area contributed by atoms with Crippen LogP contribution in [0, 0.1) is 5.92 Å². The lowest BCUT2D eigenvalue weighted by atomic mass is 9.85. The molecule has 1 aromatic rings. The van der Waals surface area contributed by atoms with E-state index in [0.717, 1.165) is 0 Å². The highest BCUT2D eigenvalue weighted by Gasteiger charge is 2.42. The average molecular weight is 347 g/mol. The summed E-state index contributed by atoms with van der Waals surface area (Å²) in [5.74, 6) is -0.662. The smallest absolute Gasteiger partial charge is 0.353 e. The summed E-state index contributed by atoms with van der Waals surface area (Å²) in [5, 5.41) is 6.57. The van der Waals surface area contributed by atoms with E-state index in [1.807, 2.05) is 20.8 Å². The van der Waals surface area contributed by atoms with Crippen molar-refractivity contribution in [2.24, 2.45) is 5.92 Å². The first-order chi connectivity index (χ1) is 11.1. The number of aromatic nitrogens is 2. The van der Waals surface area contributed by atoms with Crippen LogP contribution >= 0.6 is 0 Å². The highest BCUT2D eigenvalue weighted by atomic mass is 19.4. The molecule has 1 aromatic heterocycles. The molecule has 1 saturated carbocycles. The molecule has 2 unspecified atom stereocenters. The first kappa shape index (κ1) is 18.7. The molecule has 0 spiro atoms. The number of aryl methyl sites for hydroxylation is 1. The largest absolute Gasteiger partial charge is 0.391 e. The molecule has 0 aliphatic heterocycles. The zero-order valence-electron chi connectivity index (χ0n) is 14.2. The Morgan fingerprint density at radius 3 is 2.58 bits per heavy atom. The fourth-order valence-corrected chi connectivity index (χ4v) is 2.80. The van der Waals surface area contributed by atoms with Crippen molar-refractivity contribution < 1.29 is 22.5 Å². The normalized spacial score (nSPS) is 22.4. The zero-order chi connectivity index (χ0) is 18.0. The van der Waals surface area contributed by atoms with Crippen LogP contribution in [0.2, 0.25) is 0 Å². The van der Waals surface area contributed by atoms with Crippen molar-refractivity contribution in [3.8, 4) is 0 Å². The fourth-order valence-electron chi connectivity index (χ4n) is 2.80. The summed E-state index contributed by atoms with van der Waals surface area (Å²) >= 11 is 0. The van der Waals surface area contributed by atoms with Crippen molar-refractivity contribution in [2.45, 2.75) is 76.9 Å². The minimum atomic E-state index is -4.18. The molecule has 136 valence electrons. The van der Waals surface area contributed by atoms with E-state index >= 15 is 0 Å². The molecule has 0 radical (unpaired) electrons. The second-order valence-electron chi connectivity index (χ2n) is 7.43. The summed E-state index contributed by atoms with van der Waals surface area (Å²) in [6.45, 7) is 5.86. The van der Waals surface area contributed by atoms with Crippen molar-refractivity contribution >= 4 is 5.91 Å². The van der Waals surface area contributed by atoms with Gasteiger partial charge in [0.15, 0.2) is 5.82 Å². The van der Waals surface area contributed by atoms with E-state index in [1.54, 1.807) is 0 Å². The number of rotatable bonds is 4. The molecule has 2 atom stereocenters. The Morgan fingerprint density at radius 2 is 2.00 bits per heavy atom. The maximum absolute atomic E-state index is 12.8. The van der Waals surface area contributed by atoms with Gasteiger partial charge in [-0.25, -0.2) is 0 Å². The third kappa shape index (κ3) is 5.21. The quantitative estimate of drug-likeness (QED) is 0.905. The predicted molar refractivity (Wildman–Crippen MR) is 81.3 cm³/mol. The van der Waals surface area contributed by atoms with E-state index in [0.29, 0.717) is 24.6 Å². The lowest BCUT2D eigenvalue weighted by molar-refractivity contribution is -0.184. The van der Waals surface area contributed by atoms with Crippen molar-refractivity contribution in [3.63, 3.8) is 0 Å². The third-order valence-corrected chi connectivity index (χ3v) is 4.21. The van der Waals surface area contributed by atoms with Gasteiger partial charge >= 0.3 is 6.18 Å². The first-order valence-corrected chi connectivity index (χ1v) is 8.25. The molecule has 1 fully saturated rings. The summed E-state index contributed by atoms with van der Waals surface area (Å²) in [6.07, 6.45) is -2.60. The van der Waals surface area contributed by atoms with Crippen LogP contribution in [-0.2, 0) is 16.6 Å². The summed E-state index contributed by atoms with van der Waals surface area (Å²) in [7, 11) is 0. The summed E-state index contributed by atoms with van der Waals surface area (Å²) in [6, 6.07) is -0.411. The number of nitrogens with zero attached hydrogens (tertiary/aromatic N) is 2. The van der Waals surface area contributed by atoms with Crippen molar-refractivity contribution in [3.05, 3.63) is 11.7 Å². The average Bonchev–Trinajstić information content (AvgIpc) is 2.93. The van der Waals surface area contributed by atoms with Crippen LogP contribution in [0.4, 0.5) is 13.2 Å².